The fraction of sp³-hybridized carbons (Fsp3) is 0.800. The molecule has 4 N–H and O–H groups in total. The Morgan fingerprint density at radius 1 is 1.45 bits per heavy atom. The van der Waals surface area contributed by atoms with E-state index in [9.17, 15) is 9.90 Å². The first-order valence-corrected chi connectivity index (χ1v) is 8.08. The second-order valence-electron chi connectivity index (χ2n) is 6.56. The maximum absolute atomic E-state index is 12.2. The van der Waals surface area contributed by atoms with Gasteiger partial charge in [-0.15, -0.1) is 5.10 Å². The van der Waals surface area contributed by atoms with Crippen LogP contribution in [0.3, 0.4) is 0 Å². The van der Waals surface area contributed by atoms with E-state index in [0.29, 0.717) is 30.5 Å². The van der Waals surface area contributed by atoms with Gasteiger partial charge >= 0.3 is 0 Å². The third kappa shape index (κ3) is 4.69. The van der Waals surface area contributed by atoms with Gasteiger partial charge in [-0.2, -0.15) is 4.98 Å². The van der Waals surface area contributed by atoms with Crippen LogP contribution in [-0.4, -0.2) is 50.3 Å². The Labute approximate surface area is 131 Å². The van der Waals surface area contributed by atoms with Gasteiger partial charge < -0.3 is 15.7 Å². The summed E-state index contributed by atoms with van der Waals surface area (Å²) in [6.07, 6.45) is 3.30. The molecule has 0 bridgehead atoms. The zero-order valence-corrected chi connectivity index (χ0v) is 13.5. The van der Waals surface area contributed by atoms with E-state index in [-0.39, 0.29) is 18.0 Å². The van der Waals surface area contributed by atoms with Crippen molar-refractivity contribution in [2.45, 2.75) is 52.1 Å². The molecule has 2 rings (SSSR count). The molecule has 0 spiro atoms. The summed E-state index contributed by atoms with van der Waals surface area (Å²) in [5.74, 6) is 1.81. The van der Waals surface area contributed by atoms with E-state index in [2.05, 4.69) is 29.0 Å². The Morgan fingerprint density at radius 2 is 2.14 bits per heavy atom. The topological polar surface area (TPSA) is 108 Å². The van der Waals surface area contributed by atoms with E-state index in [0.717, 1.165) is 32.4 Å². The summed E-state index contributed by atoms with van der Waals surface area (Å²) in [4.78, 5) is 18.1. The smallest absolute Gasteiger partial charge is 0.239 e. The number of nitrogens with zero attached hydrogens (tertiary/aromatic N) is 3. The molecule has 7 nitrogen and oxygen atoms in total. The first kappa shape index (κ1) is 16.7. The van der Waals surface area contributed by atoms with E-state index in [4.69, 9.17) is 5.73 Å². The van der Waals surface area contributed by atoms with Gasteiger partial charge in [0.2, 0.25) is 11.9 Å². The molecule has 1 fully saturated rings. The molecule has 1 atom stereocenters. The SMILES string of the molecule is CC(C)CC(O)C1CCN(C(=O)CCc2nc(N)n[nH]2)CC1. The van der Waals surface area contributed by atoms with Gasteiger partial charge in [0.25, 0.3) is 0 Å². The number of nitrogens with one attached hydrogen (secondary N) is 1. The molecule has 1 aliphatic rings. The number of piperidine rings is 1. The molecular weight excluding hydrogens is 282 g/mol. The van der Waals surface area contributed by atoms with Crippen molar-refractivity contribution in [3.8, 4) is 0 Å². The third-order valence-corrected chi connectivity index (χ3v) is 4.27. The maximum atomic E-state index is 12.2. The van der Waals surface area contributed by atoms with Crippen LogP contribution in [0.25, 0.3) is 0 Å². The molecule has 1 unspecified atom stereocenters. The average Bonchev–Trinajstić information content (AvgIpc) is 2.90. The molecule has 22 heavy (non-hydrogen) atoms. The summed E-state index contributed by atoms with van der Waals surface area (Å²) in [5.41, 5.74) is 5.43. The molecule has 124 valence electrons. The third-order valence-electron chi connectivity index (χ3n) is 4.27. The van der Waals surface area contributed by atoms with Gasteiger partial charge in [-0.05, 0) is 31.1 Å². The molecular formula is C15H27N5O2. The van der Waals surface area contributed by atoms with Gasteiger partial charge in [-0.3, -0.25) is 9.89 Å². The second kappa shape index (κ2) is 7.58. The fourth-order valence-corrected chi connectivity index (χ4v) is 3.01. The van der Waals surface area contributed by atoms with Gasteiger partial charge in [0.1, 0.15) is 5.82 Å². The van der Waals surface area contributed by atoms with Crippen molar-refractivity contribution >= 4 is 11.9 Å². The molecule has 1 aromatic heterocycles. The number of hydrogen-bond donors (Lipinski definition) is 3. The first-order valence-electron chi connectivity index (χ1n) is 8.08. The lowest BCUT2D eigenvalue weighted by atomic mass is 9.87. The van der Waals surface area contributed by atoms with Crippen LogP contribution in [0.4, 0.5) is 5.95 Å². The van der Waals surface area contributed by atoms with Crippen molar-refractivity contribution in [3.05, 3.63) is 5.82 Å². The lowest BCUT2D eigenvalue weighted by Gasteiger charge is -2.34. The second-order valence-corrected chi connectivity index (χ2v) is 6.56. The number of aromatic amines is 1. The lowest BCUT2D eigenvalue weighted by molar-refractivity contribution is -0.133. The normalized spacial score (nSPS) is 17.9. The van der Waals surface area contributed by atoms with Crippen LogP contribution in [0.15, 0.2) is 0 Å². The van der Waals surface area contributed by atoms with Gasteiger partial charge in [0, 0.05) is 25.9 Å². The number of H-pyrrole nitrogens is 1. The summed E-state index contributed by atoms with van der Waals surface area (Å²) in [6, 6.07) is 0. The molecule has 7 heteroatoms. The number of aryl methyl sites for hydroxylation is 1. The highest BCUT2D eigenvalue weighted by molar-refractivity contribution is 5.76. The number of carbonyl (C=O) groups excluding carboxylic acids is 1. The minimum absolute atomic E-state index is 0.131. The number of aromatic nitrogens is 3. The Balaban J connectivity index is 1.72. The minimum Gasteiger partial charge on any atom is -0.393 e. The lowest BCUT2D eigenvalue weighted by Crippen LogP contribution is -2.41. The average molecular weight is 309 g/mol. The zero-order chi connectivity index (χ0) is 16.1. The van der Waals surface area contributed by atoms with Gasteiger partial charge in [-0.1, -0.05) is 13.8 Å². The Morgan fingerprint density at radius 3 is 2.68 bits per heavy atom. The van der Waals surface area contributed by atoms with E-state index in [1.54, 1.807) is 0 Å². The summed E-state index contributed by atoms with van der Waals surface area (Å²) < 4.78 is 0. The standard InChI is InChI=1S/C15H27N5O2/c1-10(2)9-12(21)11-5-7-20(8-6-11)14(22)4-3-13-17-15(16)19-18-13/h10-12,21H,3-9H2,1-2H3,(H3,16,17,18,19). The van der Waals surface area contributed by atoms with Crippen LogP contribution >= 0.6 is 0 Å². The van der Waals surface area contributed by atoms with Crippen molar-refractivity contribution in [1.29, 1.82) is 0 Å². The van der Waals surface area contributed by atoms with Crippen LogP contribution < -0.4 is 5.73 Å². The summed E-state index contributed by atoms with van der Waals surface area (Å²) in [6.45, 7) is 5.71. The number of aliphatic hydroxyl groups is 1. The molecule has 1 saturated heterocycles. The number of carbonyl (C=O) groups is 1. The number of anilines is 1. The molecule has 1 amide bonds. The highest BCUT2D eigenvalue weighted by atomic mass is 16.3. The van der Waals surface area contributed by atoms with Crippen molar-refractivity contribution < 1.29 is 9.90 Å². The molecule has 0 aromatic carbocycles. The fourth-order valence-electron chi connectivity index (χ4n) is 3.01. The largest absolute Gasteiger partial charge is 0.393 e. The van der Waals surface area contributed by atoms with E-state index in [1.165, 1.54) is 0 Å². The van der Waals surface area contributed by atoms with Crippen molar-refractivity contribution in [2.24, 2.45) is 11.8 Å². The Bertz CT molecular complexity index is 480. The summed E-state index contributed by atoms with van der Waals surface area (Å²) >= 11 is 0. The van der Waals surface area contributed by atoms with Gasteiger partial charge in [0.05, 0.1) is 6.10 Å². The molecule has 2 heterocycles. The highest BCUT2D eigenvalue weighted by Crippen LogP contribution is 2.24. The van der Waals surface area contributed by atoms with Crippen LogP contribution in [0.5, 0.6) is 0 Å². The minimum atomic E-state index is -0.241. The molecule has 1 aromatic rings. The maximum Gasteiger partial charge on any atom is 0.239 e. The van der Waals surface area contributed by atoms with Crippen molar-refractivity contribution in [3.63, 3.8) is 0 Å². The number of amides is 1. The molecule has 0 saturated carbocycles. The molecule has 0 aliphatic carbocycles. The summed E-state index contributed by atoms with van der Waals surface area (Å²) in [5, 5.41) is 16.7. The quantitative estimate of drug-likeness (QED) is 0.725. The zero-order valence-electron chi connectivity index (χ0n) is 13.5. The number of hydrogen-bond acceptors (Lipinski definition) is 5. The van der Waals surface area contributed by atoms with Crippen LogP contribution in [0.2, 0.25) is 0 Å². The Hall–Kier alpha value is -1.63. The number of likely N-dealkylation sites (tertiary alicyclic amines) is 1. The van der Waals surface area contributed by atoms with Crippen LogP contribution in [-0.2, 0) is 11.2 Å². The predicted molar refractivity (Wildman–Crippen MR) is 83.9 cm³/mol. The summed E-state index contributed by atoms with van der Waals surface area (Å²) in [7, 11) is 0. The predicted octanol–water partition coefficient (Wildman–Crippen LogP) is 0.965. The van der Waals surface area contributed by atoms with E-state index < -0.39 is 0 Å². The van der Waals surface area contributed by atoms with Crippen LogP contribution in [0, 0.1) is 11.8 Å². The van der Waals surface area contributed by atoms with E-state index >= 15 is 0 Å². The number of nitrogens with two attached hydrogens (primary N) is 1. The highest BCUT2D eigenvalue weighted by Gasteiger charge is 2.27. The Kier molecular flexibility index (Phi) is 5.76. The monoisotopic (exact) mass is 309 g/mol. The number of nitrogen functional groups attached to an aromatic ring is 1. The first-order chi connectivity index (χ1) is 10.5. The van der Waals surface area contributed by atoms with Crippen molar-refractivity contribution in [1.82, 2.24) is 20.1 Å². The molecule has 0 radical (unpaired) electrons. The number of aliphatic hydroxyl groups excluding tert-OH is 1. The molecule has 1 aliphatic heterocycles. The van der Waals surface area contributed by atoms with E-state index in [1.807, 2.05) is 4.90 Å². The van der Waals surface area contributed by atoms with Gasteiger partial charge in [-0.25, -0.2) is 0 Å². The number of rotatable bonds is 6. The van der Waals surface area contributed by atoms with Crippen molar-refractivity contribution in [2.75, 3.05) is 18.8 Å². The van der Waals surface area contributed by atoms with Gasteiger partial charge in [0.15, 0.2) is 0 Å². The van der Waals surface area contributed by atoms with Crippen LogP contribution in [0.1, 0.15) is 45.4 Å².